The fourth-order valence-corrected chi connectivity index (χ4v) is 3.68. The van der Waals surface area contributed by atoms with Crippen molar-refractivity contribution < 1.29 is 4.74 Å². The summed E-state index contributed by atoms with van der Waals surface area (Å²) in [6.07, 6.45) is 8.28. The van der Waals surface area contributed by atoms with Gasteiger partial charge in [0.05, 0.1) is 6.10 Å². The van der Waals surface area contributed by atoms with E-state index in [1.807, 2.05) is 7.11 Å². The maximum Gasteiger partial charge on any atom is 0.0599 e. The molecule has 4 atom stereocenters. The lowest BCUT2D eigenvalue weighted by atomic mass is 9.96. The van der Waals surface area contributed by atoms with Crippen LogP contribution >= 0.6 is 0 Å². The summed E-state index contributed by atoms with van der Waals surface area (Å²) in [6.45, 7) is 4.29. The standard InChI is InChI=1S/C14H28N2O/c1-3-11-4-5-12(8-11)16-7-6-14(17-2)9-13(16)10-15/h11-14H,3-10,15H2,1-2H3. The van der Waals surface area contributed by atoms with Gasteiger partial charge in [-0.15, -0.1) is 0 Å². The van der Waals surface area contributed by atoms with E-state index in [2.05, 4.69) is 11.8 Å². The maximum absolute atomic E-state index is 5.95. The number of piperidine rings is 1. The van der Waals surface area contributed by atoms with Gasteiger partial charge < -0.3 is 10.5 Å². The summed E-state index contributed by atoms with van der Waals surface area (Å²) in [5.41, 5.74) is 5.95. The normalized spacial score (nSPS) is 39.7. The Morgan fingerprint density at radius 2 is 2.06 bits per heavy atom. The molecule has 1 saturated carbocycles. The van der Waals surface area contributed by atoms with Crippen LogP contribution in [0.25, 0.3) is 0 Å². The average molecular weight is 240 g/mol. The smallest absolute Gasteiger partial charge is 0.0599 e. The number of nitrogens with zero attached hydrogens (tertiary/aromatic N) is 1. The molecule has 0 spiro atoms. The van der Waals surface area contributed by atoms with Crippen LogP contribution in [-0.4, -0.2) is 43.3 Å². The van der Waals surface area contributed by atoms with Crippen molar-refractivity contribution in [2.75, 3.05) is 20.2 Å². The van der Waals surface area contributed by atoms with E-state index in [0.29, 0.717) is 12.1 Å². The molecule has 17 heavy (non-hydrogen) atoms. The Kier molecular flexibility index (Phi) is 4.83. The molecule has 0 amide bonds. The van der Waals surface area contributed by atoms with Crippen LogP contribution in [0.2, 0.25) is 0 Å². The van der Waals surface area contributed by atoms with Gasteiger partial charge in [0.25, 0.3) is 0 Å². The average Bonchev–Trinajstić information content (AvgIpc) is 2.86. The molecule has 3 nitrogen and oxygen atoms in total. The van der Waals surface area contributed by atoms with Crippen molar-refractivity contribution in [1.29, 1.82) is 0 Å². The van der Waals surface area contributed by atoms with Crippen molar-refractivity contribution >= 4 is 0 Å². The second-order valence-corrected chi connectivity index (χ2v) is 5.75. The summed E-state index contributed by atoms with van der Waals surface area (Å²) in [5.74, 6) is 0.957. The van der Waals surface area contributed by atoms with Crippen molar-refractivity contribution in [1.82, 2.24) is 4.90 Å². The first-order chi connectivity index (χ1) is 8.28. The molecule has 4 unspecified atom stereocenters. The molecular formula is C14H28N2O. The largest absolute Gasteiger partial charge is 0.381 e. The summed E-state index contributed by atoms with van der Waals surface area (Å²) in [7, 11) is 1.83. The molecule has 0 radical (unpaired) electrons. The summed E-state index contributed by atoms with van der Waals surface area (Å²) in [4.78, 5) is 2.69. The van der Waals surface area contributed by atoms with Crippen LogP contribution in [0, 0.1) is 5.92 Å². The SMILES string of the molecule is CCC1CCC(N2CCC(OC)CC2CN)C1. The molecule has 0 aromatic carbocycles. The van der Waals surface area contributed by atoms with Crippen molar-refractivity contribution in [3.63, 3.8) is 0 Å². The number of methoxy groups -OCH3 is 1. The van der Waals surface area contributed by atoms with E-state index in [0.717, 1.165) is 24.9 Å². The first kappa shape index (κ1) is 13.3. The molecule has 2 fully saturated rings. The molecule has 0 aromatic heterocycles. The van der Waals surface area contributed by atoms with Gasteiger partial charge in [0.1, 0.15) is 0 Å². The third-order valence-electron chi connectivity index (χ3n) is 4.88. The van der Waals surface area contributed by atoms with Gasteiger partial charge >= 0.3 is 0 Å². The molecule has 1 saturated heterocycles. The van der Waals surface area contributed by atoms with E-state index in [9.17, 15) is 0 Å². The summed E-state index contributed by atoms with van der Waals surface area (Å²) < 4.78 is 5.49. The lowest BCUT2D eigenvalue weighted by Crippen LogP contribution is -2.52. The first-order valence-electron chi connectivity index (χ1n) is 7.27. The van der Waals surface area contributed by atoms with Gasteiger partial charge in [0.15, 0.2) is 0 Å². The maximum atomic E-state index is 5.95. The van der Waals surface area contributed by atoms with Crippen LogP contribution in [0.5, 0.6) is 0 Å². The molecule has 2 aliphatic rings. The van der Waals surface area contributed by atoms with E-state index in [-0.39, 0.29) is 0 Å². The Morgan fingerprint density at radius 3 is 2.65 bits per heavy atom. The molecular weight excluding hydrogens is 212 g/mol. The first-order valence-corrected chi connectivity index (χ1v) is 7.27. The number of rotatable bonds is 4. The van der Waals surface area contributed by atoms with Gasteiger partial charge in [-0.05, 0) is 38.0 Å². The van der Waals surface area contributed by atoms with Crippen LogP contribution in [-0.2, 0) is 4.74 Å². The Bertz CT molecular complexity index is 232. The molecule has 1 aliphatic heterocycles. The van der Waals surface area contributed by atoms with E-state index in [1.165, 1.54) is 38.6 Å². The highest BCUT2D eigenvalue weighted by atomic mass is 16.5. The Labute approximate surface area is 106 Å². The highest BCUT2D eigenvalue weighted by Gasteiger charge is 2.35. The van der Waals surface area contributed by atoms with Crippen LogP contribution in [0.3, 0.4) is 0 Å². The second-order valence-electron chi connectivity index (χ2n) is 5.75. The molecule has 0 bridgehead atoms. The van der Waals surface area contributed by atoms with Crippen LogP contribution in [0.15, 0.2) is 0 Å². The van der Waals surface area contributed by atoms with Gasteiger partial charge in [-0.3, -0.25) is 4.90 Å². The highest BCUT2D eigenvalue weighted by Crippen LogP contribution is 2.34. The Balaban J connectivity index is 1.91. The van der Waals surface area contributed by atoms with Crippen molar-refractivity contribution in [3.05, 3.63) is 0 Å². The predicted molar refractivity (Wildman–Crippen MR) is 71.0 cm³/mol. The number of hydrogen-bond acceptors (Lipinski definition) is 3. The lowest BCUT2D eigenvalue weighted by molar-refractivity contribution is -0.00371. The van der Waals surface area contributed by atoms with Crippen molar-refractivity contribution in [2.45, 2.75) is 63.6 Å². The zero-order chi connectivity index (χ0) is 12.3. The number of ether oxygens (including phenoxy) is 1. The molecule has 2 rings (SSSR count). The third kappa shape index (κ3) is 3.01. The van der Waals surface area contributed by atoms with E-state index in [1.54, 1.807) is 0 Å². The summed E-state index contributed by atoms with van der Waals surface area (Å²) in [5, 5.41) is 0. The fraction of sp³-hybridized carbons (Fsp3) is 1.00. The van der Waals surface area contributed by atoms with Gasteiger partial charge in [-0.25, -0.2) is 0 Å². The number of likely N-dealkylation sites (tertiary alicyclic amines) is 1. The molecule has 1 heterocycles. The minimum absolute atomic E-state index is 0.433. The monoisotopic (exact) mass is 240 g/mol. The molecule has 0 aromatic rings. The lowest BCUT2D eigenvalue weighted by Gasteiger charge is -2.42. The van der Waals surface area contributed by atoms with Crippen LogP contribution < -0.4 is 5.73 Å². The minimum atomic E-state index is 0.433. The predicted octanol–water partition coefficient (Wildman–Crippen LogP) is 2.00. The zero-order valence-electron chi connectivity index (χ0n) is 11.4. The molecule has 100 valence electrons. The molecule has 2 N–H and O–H groups in total. The Hall–Kier alpha value is -0.120. The number of hydrogen-bond donors (Lipinski definition) is 1. The zero-order valence-corrected chi connectivity index (χ0v) is 11.4. The van der Waals surface area contributed by atoms with Crippen molar-refractivity contribution in [3.8, 4) is 0 Å². The van der Waals surface area contributed by atoms with E-state index >= 15 is 0 Å². The third-order valence-corrected chi connectivity index (χ3v) is 4.88. The van der Waals surface area contributed by atoms with E-state index in [4.69, 9.17) is 10.5 Å². The van der Waals surface area contributed by atoms with Crippen molar-refractivity contribution in [2.24, 2.45) is 11.7 Å². The summed E-state index contributed by atoms with van der Waals surface area (Å²) >= 11 is 0. The molecule has 1 aliphatic carbocycles. The number of nitrogens with two attached hydrogens (primary N) is 1. The van der Waals surface area contributed by atoms with Gasteiger partial charge in [0.2, 0.25) is 0 Å². The Morgan fingerprint density at radius 1 is 1.24 bits per heavy atom. The second kappa shape index (κ2) is 6.17. The topological polar surface area (TPSA) is 38.5 Å². The van der Waals surface area contributed by atoms with Gasteiger partial charge in [-0.2, -0.15) is 0 Å². The van der Waals surface area contributed by atoms with Crippen LogP contribution in [0.4, 0.5) is 0 Å². The fourth-order valence-electron chi connectivity index (χ4n) is 3.68. The quantitative estimate of drug-likeness (QED) is 0.817. The van der Waals surface area contributed by atoms with Gasteiger partial charge in [0, 0.05) is 32.3 Å². The van der Waals surface area contributed by atoms with E-state index < -0.39 is 0 Å². The minimum Gasteiger partial charge on any atom is -0.381 e. The highest BCUT2D eigenvalue weighted by molar-refractivity contribution is 4.91. The summed E-state index contributed by atoms with van der Waals surface area (Å²) in [6, 6.07) is 1.35. The molecule has 3 heteroatoms. The van der Waals surface area contributed by atoms with Crippen LogP contribution in [0.1, 0.15) is 45.4 Å². The van der Waals surface area contributed by atoms with Gasteiger partial charge in [-0.1, -0.05) is 13.3 Å².